The van der Waals surface area contributed by atoms with Gasteiger partial charge in [-0.25, -0.2) is 0 Å². The fourth-order valence-corrected chi connectivity index (χ4v) is 2.38. The molecule has 0 radical (unpaired) electrons. The Hall–Kier alpha value is -2.37. The maximum Gasteiger partial charge on any atom is 0.254 e. The summed E-state index contributed by atoms with van der Waals surface area (Å²) in [5.41, 5.74) is 1.57. The lowest BCUT2D eigenvalue weighted by molar-refractivity contribution is -0.304. The fourth-order valence-electron chi connectivity index (χ4n) is 2.38. The number of carbonyl (C=O) groups is 3. The van der Waals surface area contributed by atoms with Crippen molar-refractivity contribution >= 4 is 17.8 Å². The van der Waals surface area contributed by atoms with E-state index in [0.717, 1.165) is 5.56 Å². The maximum absolute atomic E-state index is 12.4. The van der Waals surface area contributed by atoms with Crippen molar-refractivity contribution in [3.05, 3.63) is 35.4 Å². The lowest BCUT2D eigenvalue weighted by Gasteiger charge is -2.35. The molecule has 21 heavy (non-hydrogen) atoms. The molecular weight excluding hydrogens is 272 g/mol. The largest absolute Gasteiger partial charge is 0.550 e. The van der Waals surface area contributed by atoms with Crippen LogP contribution in [0.4, 0.5) is 0 Å². The average molecular weight is 289 g/mol. The zero-order valence-corrected chi connectivity index (χ0v) is 11.9. The van der Waals surface area contributed by atoms with E-state index in [4.69, 9.17) is 0 Å². The van der Waals surface area contributed by atoms with Crippen molar-refractivity contribution in [3.63, 3.8) is 0 Å². The topological polar surface area (TPSA) is 80.8 Å². The van der Waals surface area contributed by atoms with E-state index in [1.54, 1.807) is 11.0 Å². The number of nitrogens with zero attached hydrogens (tertiary/aromatic N) is 2. The number of amides is 2. The van der Waals surface area contributed by atoms with Crippen LogP contribution in [-0.2, 0) is 9.59 Å². The van der Waals surface area contributed by atoms with Crippen molar-refractivity contribution in [2.24, 2.45) is 0 Å². The van der Waals surface area contributed by atoms with E-state index >= 15 is 0 Å². The van der Waals surface area contributed by atoms with E-state index < -0.39 is 18.3 Å². The van der Waals surface area contributed by atoms with E-state index in [0.29, 0.717) is 31.7 Å². The van der Waals surface area contributed by atoms with Crippen LogP contribution in [0, 0.1) is 6.92 Å². The second-order valence-electron chi connectivity index (χ2n) is 5.04. The quantitative estimate of drug-likeness (QED) is 0.697. The van der Waals surface area contributed by atoms with Crippen LogP contribution < -0.4 is 5.11 Å². The molecule has 0 bridgehead atoms. The van der Waals surface area contributed by atoms with Crippen molar-refractivity contribution in [1.82, 2.24) is 9.80 Å². The van der Waals surface area contributed by atoms with Gasteiger partial charge >= 0.3 is 0 Å². The molecule has 2 amide bonds. The molecule has 0 aliphatic carbocycles. The summed E-state index contributed by atoms with van der Waals surface area (Å²) in [5.74, 6) is -1.89. The van der Waals surface area contributed by atoms with Gasteiger partial charge in [-0.05, 0) is 18.6 Å². The Morgan fingerprint density at radius 2 is 1.62 bits per heavy atom. The van der Waals surface area contributed by atoms with Crippen LogP contribution in [0.25, 0.3) is 0 Å². The van der Waals surface area contributed by atoms with Crippen LogP contribution in [-0.4, -0.2) is 53.8 Å². The van der Waals surface area contributed by atoms with E-state index in [2.05, 4.69) is 0 Å². The minimum atomic E-state index is -1.38. The number of aliphatic carboxylic acids is 1. The fraction of sp³-hybridized carbons (Fsp3) is 0.400. The lowest BCUT2D eigenvalue weighted by Crippen LogP contribution is -2.51. The van der Waals surface area contributed by atoms with Crippen molar-refractivity contribution in [3.8, 4) is 0 Å². The van der Waals surface area contributed by atoms with Gasteiger partial charge in [-0.2, -0.15) is 0 Å². The predicted octanol–water partition coefficient (Wildman–Crippen LogP) is -0.581. The van der Waals surface area contributed by atoms with Crippen molar-refractivity contribution in [2.75, 3.05) is 26.2 Å². The third kappa shape index (κ3) is 3.59. The molecule has 0 saturated carbocycles. The minimum Gasteiger partial charge on any atom is -0.550 e. The first-order valence-electron chi connectivity index (χ1n) is 6.81. The maximum atomic E-state index is 12.4. The molecule has 1 saturated heterocycles. The summed E-state index contributed by atoms with van der Waals surface area (Å²) in [7, 11) is 0. The number of carboxylic acids is 1. The SMILES string of the molecule is Cc1ccccc1C(=O)N1CCN(C(=O)CC(=O)[O-])CC1. The molecule has 6 nitrogen and oxygen atoms in total. The highest BCUT2D eigenvalue weighted by Crippen LogP contribution is 2.13. The molecule has 112 valence electrons. The highest BCUT2D eigenvalue weighted by Gasteiger charge is 2.25. The summed E-state index contributed by atoms with van der Waals surface area (Å²) >= 11 is 0. The number of rotatable bonds is 3. The number of carboxylic acid groups (broad SMARTS) is 1. The molecule has 0 spiro atoms. The number of aryl methyl sites for hydroxylation is 1. The first-order chi connectivity index (χ1) is 9.99. The Kier molecular flexibility index (Phi) is 4.57. The highest BCUT2D eigenvalue weighted by molar-refractivity contribution is 5.96. The van der Waals surface area contributed by atoms with E-state index in [1.807, 2.05) is 25.1 Å². The van der Waals surface area contributed by atoms with E-state index in [9.17, 15) is 19.5 Å². The Bertz CT molecular complexity index is 563. The average Bonchev–Trinajstić information content (AvgIpc) is 2.46. The second kappa shape index (κ2) is 6.39. The van der Waals surface area contributed by atoms with Crippen LogP contribution in [0.5, 0.6) is 0 Å². The molecule has 6 heteroatoms. The monoisotopic (exact) mass is 289 g/mol. The molecule has 2 rings (SSSR count). The van der Waals surface area contributed by atoms with Gasteiger partial charge in [0.1, 0.15) is 0 Å². The van der Waals surface area contributed by atoms with Gasteiger partial charge in [0.05, 0.1) is 12.4 Å². The molecule has 0 unspecified atom stereocenters. The summed E-state index contributed by atoms with van der Waals surface area (Å²) in [5, 5.41) is 10.4. The smallest absolute Gasteiger partial charge is 0.254 e. The first-order valence-corrected chi connectivity index (χ1v) is 6.81. The van der Waals surface area contributed by atoms with Gasteiger partial charge < -0.3 is 19.7 Å². The highest BCUT2D eigenvalue weighted by atomic mass is 16.4. The Balaban J connectivity index is 1.95. The van der Waals surface area contributed by atoms with Crippen LogP contribution in [0.1, 0.15) is 22.3 Å². The van der Waals surface area contributed by atoms with Gasteiger partial charge in [-0.15, -0.1) is 0 Å². The number of piperazine rings is 1. The van der Waals surface area contributed by atoms with Crippen LogP contribution in [0.2, 0.25) is 0 Å². The number of hydrogen-bond donors (Lipinski definition) is 0. The summed E-state index contributed by atoms with van der Waals surface area (Å²) in [6, 6.07) is 7.36. The normalized spacial score (nSPS) is 14.9. The molecular formula is C15H17N2O4-. The third-order valence-corrected chi connectivity index (χ3v) is 3.59. The lowest BCUT2D eigenvalue weighted by atomic mass is 10.1. The summed E-state index contributed by atoms with van der Waals surface area (Å²) in [6.45, 7) is 3.40. The molecule has 1 aromatic carbocycles. The first kappa shape index (κ1) is 15.0. The summed E-state index contributed by atoms with van der Waals surface area (Å²) < 4.78 is 0. The van der Waals surface area contributed by atoms with E-state index in [1.165, 1.54) is 4.90 Å². The molecule has 1 aromatic rings. The Morgan fingerprint density at radius 1 is 1.05 bits per heavy atom. The third-order valence-electron chi connectivity index (χ3n) is 3.59. The Labute approximate surface area is 123 Å². The van der Waals surface area contributed by atoms with E-state index in [-0.39, 0.29) is 5.91 Å². The predicted molar refractivity (Wildman–Crippen MR) is 73.3 cm³/mol. The molecule has 1 fully saturated rings. The summed E-state index contributed by atoms with van der Waals surface area (Å²) in [4.78, 5) is 37.6. The zero-order valence-electron chi connectivity index (χ0n) is 11.9. The van der Waals surface area contributed by atoms with Gasteiger partial charge in [0.15, 0.2) is 0 Å². The molecule has 1 aliphatic rings. The standard InChI is InChI=1S/C15H18N2O4/c1-11-4-2-3-5-12(11)15(21)17-8-6-16(7-9-17)13(18)10-14(19)20/h2-5H,6-10H2,1H3,(H,19,20)/p-1. The number of carbonyl (C=O) groups excluding carboxylic acids is 3. The molecule has 0 N–H and O–H groups in total. The minimum absolute atomic E-state index is 0.0555. The molecule has 1 aliphatic heterocycles. The van der Waals surface area contributed by atoms with Crippen LogP contribution >= 0.6 is 0 Å². The van der Waals surface area contributed by atoms with Gasteiger partial charge in [0, 0.05) is 31.7 Å². The van der Waals surface area contributed by atoms with Crippen LogP contribution in [0.3, 0.4) is 0 Å². The van der Waals surface area contributed by atoms with Gasteiger partial charge in [-0.3, -0.25) is 9.59 Å². The molecule has 0 aromatic heterocycles. The van der Waals surface area contributed by atoms with Gasteiger partial charge in [0.25, 0.3) is 5.91 Å². The zero-order chi connectivity index (χ0) is 15.4. The van der Waals surface area contributed by atoms with Crippen molar-refractivity contribution in [2.45, 2.75) is 13.3 Å². The van der Waals surface area contributed by atoms with Crippen LogP contribution in [0.15, 0.2) is 24.3 Å². The van der Waals surface area contributed by atoms with Gasteiger partial charge in [0.2, 0.25) is 5.91 Å². The molecule has 1 heterocycles. The summed E-state index contributed by atoms with van der Waals surface area (Å²) in [6.07, 6.45) is -0.605. The number of benzene rings is 1. The second-order valence-corrected chi connectivity index (χ2v) is 5.04. The van der Waals surface area contributed by atoms with Crippen molar-refractivity contribution in [1.29, 1.82) is 0 Å². The number of hydrogen-bond acceptors (Lipinski definition) is 4. The van der Waals surface area contributed by atoms with Gasteiger partial charge in [-0.1, -0.05) is 18.2 Å². The van der Waals surface area contributed by atoms with Crippen molar-refractivity contribution < 1.29 is 19.5 Å². The molecule has 0 atom stereocenters. The Morgan fingerprint density at radius 3 is 2.19 bits per heavy atom.